The quantitative estimate of drug-likeness (QED) is 0.0255. The number of nitrogens with one attached hydrogen (secondary N) is 11. The molecule has 0 saturated carbocycles. The number of benzene rings is 12. The van der Waals surface area contributed by atoms with Crippen LogP contribution < -0.4 is 64.6 Å². The van der Waals surface area contributed by atoms with Crippen molar-refractivity contribution in [2.24, 2.45) is 20.0 Å². The molecule has 0 atom stereocenters. The molecule has 0 aliphatic carbocycles. The molecule has 0 spiro atoms. The summed E-state index contributed by atoms with van der Waals surface area (Å²) in [7, 11) is 0. The van der Waals surface area contributed by atoms with Crippen molar-refractivity contribution in [1.29, 1.82) is 0 Å². The lowest BCUT2D eigenvalue weighted by molar-refractivity contribution is 0.418. The molecule has 11 N–H and O–H groups in total. The third-order valence-corrected chi connectivity index (χ3v) is 20.5. The van der Waals surface area contributed by atoms with Gasteiger partial charge < -0.3 is 52.2 Å². The minimum atomic E-state index is -2.28. The van der Waals surface area contributed by atoms with E-state index in [4.69, 9.17) is 15.0 Å². The van der Waals surface area contributed by atoms with Gasteiger partial charge in [0, 0.05) is 45.2 Å². The highest BCUT2D eigenvalue weighted by molar-refractivity contribution is 6.19. The van der Waals surface area contributed by atoms with E-state index in [1.807, 2.05) is 237 Å². The highest BCUT2D eigenvalue weighted by Gasteiger charge is 2.34. The molecule has 556 valence electrons. The fourth-order valence-electron chi connectivity index (χ4n) is 14.4. The lowest BCUT2D eigenvalue weighted by atomic mass is 10.0. The average Bonchev–Trinajstić information content (AvgIpc) is 1.51. The van der Waals surface area contributed by atoms with Gasteiger partial charge in [0.05, 0.1) is 83.2 Å². The number of para-hydroxylation sites is 8. The number of hydrogen-bond acceptors (Lipinski definition) is 12. The highest BCUT2D eigenvalue weighted by atomic mass is 19.2. The molecule has 5 heterocycles. The standard InChI is InChI=1S/C88H68F8N16/c1-42-25-9-17-33-51(42)97-59-41-50-60(76(99-53-35-19-11-27-44(53)3)75(59)98-52-34-18-10-26-43(52)2)82-104-81(50)105-83-61-62(68(90)72(94)71(93)67(61)89)84(106-83)107-85-63-64(70(92)74(96)73(95)69(63)91)86(108-85)110-88-66-65(87(109-82)112(88)111-58-40-24-16-32-49(58)8)77(100-54-36-20-12-28-45(54)4)79(102-56-38-22-14-30-47(56)6)80(103-57-39-23-15-31-48(57)7)78(66)101-55-37-21-13-29-46(55)5/h9-41,97-103,111H,1-8H3,(H3,104,105,106,107,108,109,110). The lowest BCUT2D eigenvalue weighted by Gasteiger charge is -2.26. The maximum Gasteiger partial charge on any atom is 0.198 e. The number of fused-ring (bicyclic) bond motifs is 20. The fraction of sp³-hybridized carbons (Fsp3) is 0.0909. The minimum absolute atomic E-state index is 0.0142. The molecule has 1 aliphatic heterocycles. The van der Waals surface area contributed by atoms with E-state index >= 15 is 35.1 Å². The third kappa shape index (κ3) is 12.2. The number of aromatic nitrogens is 4. The second-order valence-electron chi connectivity index (χ2n) is 27.8. The minimum Gasteiger partial charge on any atom is -0.354 e. The zero-order chi connectivity index (χ0) is 77.7. The first-order valence-corrected chi connectivity index (χ1v) is 35.9. The van der Waals surface area contributed by atoms with Crippen molar-refractivity contribution >= 4 is 152 Å². The molecular formula is C88H68F8N16. The first-order chi connectivity index (χ1) is 54.2. The van der Waals surface area contributed by atoms with E-state index in [2.05, 4.69) is 62.6 Å². The maximum absolute atomic E-state index is 17.8. The van der Waals surface area contributed by atoms with Crippen LogP contribution in [0, 0.1) is 102 Å². The van der Waals surface area contributed by atoms with Gasteiger partial charge >= 0.3 is 0 Å². The van der Waals surface area contributed by atoms with Crippen molar-refractivity contribution in [3.63, 3.8) is 0 Å². The van der Waals surface area contributed by atoms with Crippen LogP contribution in [0.5, 0.6) is 0 Å². The second-order valence-corrected chi connectivity index (χ2v) is 27.8. The number of nitrogens with zero attached hydrogens (tertiary/aromatic N) is 5. The molecule has 12 aromatic carbocycles. The van der Waals surface area contributed by atoms with Crippen LogP contribution in [0.2, 0.25) is 0 Å². The summed E-state index contributed by atoms with van der Waals surface area (Å²) in [6.07, 6.45) is 0. The van der Waals surface area contributed by atoms with Gasteiger partial charge in [0.2, 0.25) is 0 Å². The van der Waals surface area contributed by atoms with Gasteiger partial charge in [0.1, 0.15) is 34.2 Å². The Labute approximate surface area is 634 Å². The Morgan fingerprint density at radius 1 is 0.241 bits per heavy atom. The van der Waals surface area contributed by atoms with Crippen LogP contribution in [0.3, 0.4) is 0 Å². The van der Waals surface area contributed by atoms with Gasteiger partial charge in [-0.15, -0.1) is 0 Å². The molecule has 16 aromatic rings. The molecule has 0 saturated heterocycles. The molecular weight excluding hydrogens is 1430 g/mol. The molecule has 0 amide bonds. The number of H-pyrrole nitrogens is 3. The number of rotatable bonds is 16. The fourth-order valence-corrected chi connectivity index (χ4v) is 14.4. The third-order valence-electron chi connectivity index (χ3n) is 20.5. The topological polar surface area (TPSA) is 198 Å². The molecule has 17 rings (SSSR count). The van der Waals surface area contributed by atoms with E-state index in [0.29, 0.717) is 85.2 Å². The highest BCUT2D eigenvalue weighted by Crippen LogP contribution is 2.53. The van der Waals surface area contributed by atoms with Crippen molar-refractivity contribution in [1.82, 2.24) is 19.6 Å². The second kappa shape index (κ2) is 28.1. The van der Waals surface area contributed by atoms with Crippen molar-refractivity contribution in [2.75, 3.05) is 42.6 Å². The molecule has 24 heteroatoms. The van der Waals surface area contributed by atoms with Gasteiger partial charge in [-0.3, -0.25) is 5.43 Å². The van der Waals surface area contributed by atoms with Crippen LogP contribution in [0.15, 0.2) is 220 Å². The van der Waals surface area contributed by atoms with Crippen molar-refractivity contribution in [3.8, 4) is 0 Å². The summed E-state index contributed by atoms with van der Waals surface area (Å²) in [5.74, 6) is -18.6. The van der Waals surface area contributed by atoms with Crippen LogP contribution in [0.1, 0.15) is 44.5 Å². The summed E-state index contributed by atoms with van der Waals surface area (Å²) >= 11 is 0. The van der Waals surface area contributed by atoms with Gasteiger partial charge in [-0.25, -0.2) is 59.8 Å². The van der Waals surface area contributed by atoms with Crippen molar-refractivity contribution in [2.45, 2.75) is 55.4 Å². The molecule has 112 heavy (non-hydrogen) atoms. The van der Waals surface area contributed by atoms with Crippen molar-refractivity contribution in [3.05, 3.63) is 313 Å². The predicted molar refractivity (Wildman–Crippen MR) is 431 cm³/mol. The Balaban J connectivity index is 1.19. The number of halogens is 8. The van der Waals surface area contributed by atoms with E-state index in [0.717, 1.165) is 38.9 Å². The number of aromatic amines is 3. The van der Waals surface area contributed by atoms with Gasteiger partial charge in [-0.2, -0.15) is 0 Å². The number of aryl methyl sites for hydroxylation is 8. The summed E-state index contributed by atoms with van der Waals surface area (Å²) in [6.45, 7) is 15.5. The zero-order valence-electron chi connectivity index (χ0n) is 61.3. The van der Waals surface area contributed by atoms with E-state index in [9.17, 15) is 0 Å². The summed E-state index contributed by atoms with van der Waals surface area (Å²) in [4.78, 5) is 30.1. The Kier molecular flexibility index (Phi) is 17.8. The van der Waals surface area contributed by atoms with Crippen molar-refractivity contribution < 1.29 is 35.1 Å². The number of anilines is 15. The van der Waals surface area contributed by atoms with Gasteiger partial charge in [0.25, 0.3) is 0 Å². The first kappa shape index (κ1) is 70.8. The first-order valence-electron chi connectivity index (χ1n) is 35.9. The summed E-state index contributed by atoms with van der Waals surface area (Å²) in [5.41, 5.74) is 15.8. The molecule has 8 bridgehead atoms. The van der Waals surface area contributed by atoms with Crippen LogP contribution in [0.4, 0.5) is 144 Å². The summed E-state index contributed by atoms with van der Waals surface area (Å²) in [6, 6.07) is 62.6. The smallest absolute Gasteiger partial charge is 0.198 e. The maximum atomic E-state index is 17.8. The average molecular weight is 1500 g/mol. The van der Waals surface area contributed by atoms with E-state index in [1.54, 1.807) is 18.2 Å². The lowest BCUT2D eigenvalue weighted by Crippen LogP contribution is -2.33. The number of hydrogen-bond donors (Lipinski definition) is 11. The Bertz CT molecular complexity index is 6900. The Morgan fingerprint density at radius 3 is 0.866 bits per heavy atom. The van der Waals surface area contributed by atoms with Crippen LogP contribution in [-0.2, 0) is 0 Å². The van der Waals surface area contributed by atoms with Crippen LogP contribution in [0.25, 0.3) is 43.1 Å². The van der Waals surface area contributed by atoms with Crippen LogP contribution in [-0.4, -0.2) is 19.6 Å². The molecule has 4 aromatic heterocycles. The summed E-state index contributed by atoms with van der Waals surface area (Å²) < 4.78 is 137. The Morgan fingerprint density at radius 2 is 0.509 bits per heavy atom. The molecule has 1 aliphatic rings. The molecule has 0 radical (unpaired) electrons. The predicted octanol–water partition coefficient (Wildman–Crippen LogP) is 22.9. The zero-order valence-corrected chi connectivity index (χ0v) is 61.3. The molecule has 0 fully saturated rings. The SMILES string of the molecule is Cc1ccccc1Nc1cc2c3[nH]c(c2c(Nc2ccccc2C)c1Nc1ccccc1C)N=c1c2c(Nc4ccccc4C)c(Nc4ccccc4C)c(Nc4ccccc4C)c(Nc4ccccc4C)c2c(n1Nc1ccccc1C)=Nc1[nH]c(c2c(F)c(F)c(F)c(F)c12)N=c1[nH]c(c2c(F)c(F)c(F)c(F)c12)=N3. The van der Waals surface area contributed by atoms with E-state index in [1.165, 1.54) is 4.68 Å². The monoisotopic (exact) mass is 1500 g/mol. The largest absolute Gasteiger partial charge is 0.354 e. The molecule has 16 nitrogen and oxygen atoms in total. The van der Waals surface area contributed by atoms with E-state index < -0.39 is 90.7 Å². The summed E-state index contributed by atoms with van der Waals surface area (Å²) in [5, 5.41) is 23.6. The van der Waals surface area contributed by atoms with E-state index in [-0.39, 0.29) is 49.8 Å². The van der Waals surface area contributed by atoms with Gasteiger partial charge in [-0.05, 0) is 154 Å². The van der Waals surface area contributed by atoms with Crippen LogP contribution >= 0.6 is 0 Å². The van der Waals surface area contributed by atoms with Gasteiger partial charge in [0.15, 0.2) is 57.5 Å². The van der Waals surface area contributed by atoms with Gasteiger partial charge in [-0.1, -0.05) is 146 Å². The Hall–Kier alpha value is -14.2. The normalized spacial score (nSPS) is 11.9. The molecule has 0 unspecified atom stereocenters.